The Balaban J connectivity index is 2.03. The summed E-state index contributed by atoms with van der Waals surface area (Å²) in [5, 5.41) is 2.89. The monoisotopic (exact) mass is 343 g/mol. The van der Waals surface area contributed by atoms with Gasteiger partial charge in [0.2, 0.25) is 0 Å². The van der Waals surface area contributed by atoms with E-state index in [1.54, 1.807) is 12.1 Å². The summed E-state index contributed by atoms with van der Waals surface area (Å²) in [6.07, 6.45) is 0.934. The summed E-state index contributed by atoms with van der Waals surface area (Å²) in [5.41, 5.74) is 1.17. The second-order valence-electron chi connectivity index (χ2n) is 5.37. The minimum Gasteiger partial charge on any atom is -0.494 e. The van der Waals surface area contributed by atoms with Crippen molar-refractivity contribution in [1.29, 1.82) is 0 Å². The molecular weight excluding hydrogens is 318 g/mol. The summed E-state index contributed by atoms with van der Waals surface area (Å²) in [6.45, 7) is 6.16. The predicted molar refractivity (Wildman–Crippen MR) is 98.6 cm³/mol. The third-order valence-electron chi connectivity index (χ3n) is 3.39. The molecule has 0 aliphatic rings. The Morgan fingerprint density at radius 2 is 1.80 bits per heavy atom. The molecule has 2 aromatic carbocycles. The van der Waals surface area contributed by atoms with Crippen molar-refractivity contribution in [2.45, 2.75) is 20.3 Å². The zero-order valence-corrected chi connectivity index (χ0v) is 14.8. The van der Waals surface area contributed by atoms with E-state index < -0.39 is 0 Å². The highest BCUT2D eigenvalue weighted by Gasteiger charge is 2.12. The van der Waals surface area contributed by atoms with Crippen molar-refractivity contribution in [2.75, 3.05) is 31.7 Å². The van der Waals surface area contributed by atoms with Crippen molar-refractivity contribution in [2.24, 2.45) is 0 Å². The Kier molecular flexibility index (Phi) is 7.79. The summed E-state index contributed by atoms with van der Waals surface area (Å²) in [5.74, 6) is 1.05. The van der Waals surface area contributed by atoms with E-state index in [-0.39, 0.29) is 5.91 Å². The largest absolute Gasteiger partial charge is 0.494 e. The van der Waals surface area contributed by atoms with Crippen LogP contribution in [0.25, 0.3) is 0 Å². The van der Waals surface area contributed by atoms with E-state index in [0.29, 0.717) is 43.4 Å². The molecule has 0 unspecified atom stereocenters. The first kappa shape index (κ1) is 18.8. The maximum absolute atomic E-state index is 12.6. The van der Waals surface area contributed by atoms with Crippen LogP contribution in [-0.4, -0.2) is 32.3 Å². The minimum atomic E-state index is -0.223. The van der Waals surface area contributed by atoms with Crippen LogP contribution >= 0.6 is 0 Å². The lowest BCUT2D eigenvalue weighted by molar-refractivity contribution is 0.0998. The molecule has 0 aromatic heterocycles. The molecule has 0 heterocycles. The van der Waals surface area contributed by atoms with E-state index in [9.17, 15) is 4.79 Å². The number of carbonyl (C=O) groups excluding carboxylic acids is 1. The van der Waals surface area contributed by atoms with Gasteiger partial charge in [-0.05, 0) is 37.6 Å². The number of carbonyl (C=O) groups is 1. The molecule has 0 radical (unpaired) electrons. The summed E-state index contributed by atoms with van der Waals surface area (Å²) in [7, 11) is 0. The van der Waals surface area contributed by atoms with Crippen LogP contribution in [0.15, 0.2) is 48.5 Å². The van der Waals surface area contributed by atoms with Crippen LogP contribution < -0.4 is 14.8 Å². The van der Waals surface area contributed by atoms with Crippen LogP contribution in [0.3, 0.4) is 0 Å². The molecule has 1 N–H and O–H groups in total. The first-order valence-electron chi connectivity index (χ1n) is 8.58. The molecule has 5 heteroatoms. The molecule has 0 fully saturated rings. The fourth-order valence-electron chi connectivity index (χ4n) is 2.22. The van der Waals surface area contributed by atoms with Gasteiger partial charge < -0.3 is 19.5 Å². The topological polar surface area (TPSA) is 56.8 Å². The molecule has 0 aliphatic carbocycles. The summed E-state index contributed by atoms with van der Waals surface area (Å²) >= 11 is 0. The van der Waals surface area contributed by atoms with Gasteiger partial charge in [0.25, 0.3) is 5.91 Å². The summed E-state index contributed by atoms with van der Waals surface area (Å²) in [4.78, 5) is 12.6. The van der Waals surface area contributed by atoms with E-state index in [1.165, 1.54) is 0 Å². The minimum absolute atomic E-state index is 0.223. The van der Waals surface area contributed by atoms with E-state index >= 15 is 0 Å². The Morgan fingerprint density at radius 3 is 2.60 bits per heavy atom. The van der Waals surface area contributed by atoms with Gasteiger partial charge in [0.1, 0.15) is 18.1 Å². The average molecular weight is 343 g/mol. The predicted octanol–water partition coefficient (Wildman–Crippen LogP) is 4.14. The highest BCUT2D eigenvalue weighted by atomic mass is 16.5. The third-order valence-corrected chi connectivity index (χ3v) is 3.39. The molecule has 0 bridgehead atoms. The fraction of sp³-hybridized carbons (Fsp3) is 0.350. The quantitative estimate of drug-likeness (QED) is 0.659. The van der Waals surface area contributed by atoms with Crippen LogP contribution in [0.4, 0.5) is 5.69 Å². The third kappa shape index (κ3) is 6.12. The normalized spacial score (nSPS) is 10.3. The molecule has 0 spiro atoms. The molecule has 25 heavy (non-hydrogen) atoms. The Hall–Kier alpha value is -2.53. The first-order chi connectivity index (χ1) is 12.2. The van der Waals surface area contributed by atoms with E-state index in [4.69, 9.17) is 14.2 Å². The highest BCUT2D eigenvalue weighted by Crippen LogP contribution is 2.22. The van der Waals surface area contributed by atoms with E-state index in [0.717, 1.165) is 12.2 Å². The van der Waals surface area contributed by atoms with Crippen LogP contribution in [0.1, 0.15) is 30.6 Å². The van der Waals surface area contributed by atoms with Crippen molar-refractivity contribution < 1.29 is 19.0 Å². The Labute approximate surface area is 148 Å². The van der Waals surface area contributed by atoms with Crippen molar-refractivity contribution in [3.63, 3.8) is 0 Å². The molecular formula is C20H25NO4. The van der Waals surface area contributed by atoms with Gasteiger partial charge in [-0.25, -0.2) is 0 Å². The molecule has 0 saturated heterocycles. The second-order valence-corrected chi connectivity index (χ2v) is 5.37. The lowest BCUT2D eigenvalue weighted by Crippen LogP contribution is -2.15. The smallest absolute Gasteiger partial charge is 0.259 e. The van der Waals surface area contributed by atoms with Gasteiger partial charge in [-0.15, -0.1) is 0 Å². The molecule has 0 saturated carbocycles. The second kappa shape index (κ2) is 10.4. The summed E-state index contributed by atoms with van der Waals surface area (Å²) in [6, 6.07) is 14.5. The maximum Gasteiger partial charge on any atom is 0.259 e. The molecule has 2 rings (SSSR count). The van der Waals surface area contributed by atoms with Crippen LogP contribution in [0.2, 0.25) is 0 Å². The van der Waals surface area contributed by atoms with Gasteiger partial charge in [-0.3, -0.25) is 4.79 Å². The molecule has 134 valence electrons. The van der Waals surface area contributed by atoms with Crippen molar-refractivity contribution in [3.8, 4) is 11.5 Å². The van der Waals surface area contributed by atoms with Gasteiger partial charge in [0.15, 0.2) is 0 Å². The lowest BCUT2D eigenvalue weighted by atomic mass is 10.2. The van der Waals surface area contributed by atoms with Crippen molar-refractivity contribution in [3.05, 3.63) is 54.1 Å². The van der Waals surface area contributed by atoms with Crippen LogP contribution in [-0.2, 0) is 4.74 Å². The van der Waals surface area contributed by atoms with Crippen molar-refractivity contribution in [1.82, 2.24) is 0 Å². The van der Waals surface area contributed by atoms with Gasteiger partial charge in [0, 0.05) is 18.4 Å². The number of ether oxygens (including phenoxy) is 3. The number of nitrogens with one attached hydrogen (secondary N) is 1. The van der Waals surface area contributed by atoms with E-state index in [1.807, 2.05) is 50.2 Å². The molecule has 0 atom stereocenters. The standard InChI is InChI=1S/C20H25NO4/c1-3-12-24-17-9-7-8-16(15-17)21-20(22)18-10-5-6-11-19(18)25-14-13-23-4-2/h5-11,15H,3-4,12-14H2,1-2H3,(H,21,22). The average Bonchev–Trinajstić information content (AvgIpc) is 2.64. The zero-order chi connectivity index (χ0) is 17.9. The maximum atomic E-state index is 12.6. The number of benzene rings is 2. The van der Waals surface area contributed by atoms with Crippen LogP contribution in [0, 0.1) is 0 Å². The molecule has 5 nitrogen and oxygen atoms in total. The van der Waals surface area contributed by atoms with Gasteiger partial charge >= 0.3 is 0 Å². The van der Waals surface area contributed by atoms with Crippen LogP contribution in [0.5, 0.6) is 11.5 Å². The zero-order valence-electron chi connectivity index (χ0n) is 14.8. The Morgan fingerprint density at radius 1 is 0.960 bits per heavy atom. The van der Waals surface area contributed by atoms with Gasteiger partial charge in [-0.2, -0.15) is 0 Å². The number of anilines is 1. The van der Waals surface area contributed by atoms with Crippen molar-refractivity contribution >= 4 is 11.6 Å². The number of hydrogen-bond acceptors (Lipinski definition) is 4. The van der Waals surface area contributed by atoms with Gasteiger partial charge in [0.05, 0.1) is 18.8 Å². The molecule has 1 amide bonds. The lowest BCUT2D eigenvalue weighted by Gasteiger charge is -2.12. The number of hydrogen-bond donors (Lipinski definition) is 1. The molecule has 2 aromatic rings. The summed E-state index contributed by atoms with van der Waals surface area (Å²) < 4.78 is 16.5. The first-order valence-corrected chi connectivity index (χ1v) is 8.58. The fourth-order valence-corrected chi connectivity index (χ4v) is 2.22. The molecule has 0 aliphatic heterocycles. The highest BCUT2D eigenvalue weighted by molar-refractivity contribution is 6.06. The van der Waals surface area contributed by atoms with E-state index in [2.05, 4.69) is 5.32 Å². The SMILES string of the molecule is CCCOc1cccc(NC(=O)c2ccccc2OCCOCC)c1. The number of para-hydroxylation sites is 1. The number of amides is 1. The Bertz CT molecular complexity index is 672. The van der Waals surface area contributed by atoms with Gasteiger partial charge in [-0.1, -0.05) is 25.1 Å². The number of rotatable bonds is 10.